The van der Waals surface area contributed by atoms with Crippen molar-refractivity contribution >= 4 is 5.78 Å². The van der Waals surface area contributed by atoms with Crippen LogP contribution in [0.2, 0.25) is 0 Å². The number of nitrogens with one attached hydrogen (secondary N) is 1. The number of carbonyl (C=O) groups excluding carboxylic acids is 1. The van der Waals surface area contributed by atoms with Crippen molar-refractivity contribution < 1.29 is 4.79 Å². The summed E-state index contributed by atoms with van der Waals surface area (Å²) in [4.78, 5) is 12.5. The minimum atomic E-state index is 0.372. The van der Waals surface area contributed by atoms with Crippen molar-refractivity contribution in [3.05, 3.63) is 11.9 Å². The molecule has 0 aromatic rings. The maximum Gasteiger partial charge on any atom is 0.132 e. The summed E-state index contributed by atoms with van der Waals surface area (Å²) < 4.78 is 0. The second-order valence-corrected chi connectivity index (χ2v) is 12.3. The maximum atomic E-state index is 12.5. The fourth-order valence-corrected chi connectivity index (χ4v) is 4.76. The Bertz CT molecular complexity index is 506. The van der Waals surface area contributed by atoms with Gasteiger partial charge in [-0.3, -0.25) is 4.79 Å². The molecule has 3 nitrogen and oxygen atoms in total. The first-order valence-corrected chi connectivity index (χ1v) is 15.5. The molecule has 0 spiro atoms. The van der Waals surface area contributed by atoms with Crippen molar-refractivity contribution in [2.24, 2.45) is 17.1 Å². The predicted molar refractivity (Wildman–Crippen MR) is 157 cm³/mol. The van der Waals surface area contributed by atoms with Gasteiger partial charge in [0, 0.05) is 31.3 Å². The Morgan fingerprint density at radius 1 is 0.714 bits per heavy atom. The van der Waals surface area contributed by atoms with Crippen LogP contribution in [0.5, 0.6) is 0 Å². The number of Topliss-reactive ketones (excluding diaryl/α,β-unsaturated/α-hetero) is 1. The first-order chi connectivity index (χ1) is 16.8. The van der Waals surface area contributed by atoms with Crippen LogP contribution in [0.15, 0.2) is 11.9 Å². The molecule has 0 bridgehead atoms. The van der Waals surface area contributed by atoms with Gasteiger partial charge in [0.25, 0.3) is 0 Å². The van der Waals surface area contributed by atoms with E-state index in [-0.39, 0.29) is 0 Å². The molecule has 0 saturated heterocycles. The topological polar surface area (TPSA) is 55.1 Å². The minimum absolute atomic E-state index is 0.372. The summed E-state index contributed by atoms with van der Waals surface area (Å²) in [5.41, 5.74) is 7.57. The average molecular weight is 493 g/mol. The summed E-state index contributed by atoms with van der Waals surface area (Å²) in [6.07, 6.45) is 27.5. The van der Waals surface area contributed by atoms with Gasteiger partial charge in [0.05, 0.1) is 0 Å². The van der Waals surface area contributed by atoms with Crippen LogP contribution in [0.4, 0.5) is 0 Å². The summed E-state index contributed by atoms with van der Waals surface area (Å²) in [7, 11) is 0. The molecule has 0 saturated carbocycles. The molecule has 0 aliphatic heterocycles. The lowest BCUT2D eigenvalue weighted by Gasteiger charge is -2.18. The highest BCUT2D eigenvalue weighted by atomic mass is 16.1. The monoisotopic (exact) mass is 493 g/mol. The molecule has 0 radical (unpaired) electrons. The Morgan fingerprint density at radius 2 is 1.26 bits per heavy atom. The minimum Gasteiger partial charge on any atom is -0.401 e. The molecule has 0 aromatic heterocycles. The zero-order chi connectivity index (χ0) is 26.2. The number of hydrogen-bond donors (Lipinski definition) is 2. The second-order valence-electron chi connectivity index (χ2n) is 12.3. The van der Waals surface area contributed by atoms with Gasteiger partial charge in [0.2, 0.25) is 0 Å². The fraction of sp³-hybridized carbons (Fsp3) is 0.906. The lowest BCUT2D eigenvalue weighted by molar-refractivity contribution is -0.119. The van der Waals surface area contributed by atoms with Crippen LogP contribution in [0.25, 0.3) is 0 Å². The Morgan fingerprint density at radius 3 is 1.83 bits per heavy atom. The zero-order valence-corrected chi connectivity index (χ0v) is 24.7. The highest BCUT2D eigenvalue weighted by molar-refractivity contribution is 5.78. The van der Waals surface area contributed by atoms with Crippen molar-refractivity contribution in [2.45, 2.75) is 169 Å². The highest BCUT2D eigenvalue weighted by Crippen LogP contribution is 2.22. The third-order valence-corrected chi connectivity index (χ3v) is 7.19. The molecule has 0 aliphatic rings. The third-order valence-electron chi connectivity index (χ3n) is 7.19. The standard InChI is InChI=1S/C32H64N2O/c1-6-8-10-12-14-16-18-21-29(27-34-28-30(33)22-20-26-32(3,4)5)24-25-31(35)23-19-17-15-13-11-9-7-2/h28-29,34H,6-27,33H2,1-5H3/b30-28-. The fourth-order valence-electron chi connectivity index (χ4n) is 4.76. The van der Waals surface area contributed by atoms with Crippen LogP contribution in [0.1, 0.15) is 169 Å². The van der Waals surface area contributed by atoms with Crippen molar-refractivity contribution in [3.8, 4) is 0 Å². The summed E-state index contributed by atoms with van der Waals surface area (Å²) in [6.45, 7) is 12.3. The van der Waals surface area contributed by atoms with E-state index in [1.54, 1.807) is 0 Å². The molecular formula is C32H64N2O. The molecule has 0 fully saturated rings. The average Bonchev–Trinajstić information content (AvgIpc) is 2.80. The number of nitrogens with two attached hydrogens (primary N) is 1. The van der Waals surface area contributed by atoms with Crippen LogP contribution >= 0.6 is 0 Å². The van der Waals surface area contributed by atoms with Gasteiger partial charge in [-0.2, -0.15) is 0 Å². The molecule has 3 heteroatoms. The summed E-state index contributed by atoms with van der Waals surface area (Å²) in [5.74, 6) is 1.04. The van der Waals surface area contributed by atoms with E-state index in [4.69, 9.17) is 5.73 Å². The van der Waals surface area contributed by atoms with Gasteiger partial charge in [-0.05, 0) is 49.9 Å². The molecule has 35 heavy (non-hydrogen) atoms. The third kappa shape index (κ3) is 25.9. The van der Waals surface area contributed by atoms with Crippen molar-refractivity contribution in [2.75, 3.05) is 6.54 Å². The lowest BCUT2D eigenvalue weighted by atomic mass is 9.89. The smallest absolute Gasteiger partial charge is 0.132 e. The van der Waals surface area contributed by atoms with Crippen molar-refractivity contribution in [1.82, 2.24) is 5.32 Å². The lowest BCUT2D eigenvalue weighted by Crippen LogP contribution is -2.21. The number of hydrogen-bond acceptors (Lipinski definition) is 3. The first kappa shape index (κ1) is 34.0. The molecule has 0 amide bonds. The van der Waals surface area contributed by atoms with Gasteiger partial charge in [-0.1, -0.05) is 118 Å². The van der Waals surface area contributed by atoms with E-state index in [2.05, 4.69) is 39.9 Å². The van der Waals surface area contributed by atoms with Crippen molar-refractivity contribution in [1.29, 1.82) is 0 Å². The summed E-state index contributed by atoms with van der Waals surface area (Å²) in [6, 6.07) is 0. The van der Waals surface area contributed by atoms with Gasteiger partial charge < -0.3 is 11.1 Å². The SMILES string of the molecule is CCCCCCCCCC(=O)CCC(CCCCCCCCC)CN/C=C(\N)CCCC(C)(C)C. The number of allylic oxidation sites excluding steroid dienone is 1. The van der Waals surface area contributed by atoms with E-state index in [0.29, 0.717) is 17.1 Å². The Kier molecular flexibility index (Phi) is 22.7. The molecule has 0 rings (SSSR count). The summed E-state index contributed by atoms with van der Waals surface area (Å²) in [5, 5.41) is 3.50. The van der Waals surface area contributed by atoms with Gasteiger partial charge in [-0.25, -0.2) is 0 Å². The first-order valence-electron chi connectivity index (χ1n) is 15.5. The molecule has 0 heterocycles. The Labute approximate surface area is 220 Å². The van der Waals surface area contributed by atoms with Crippen LogP contribution in [0, 0.1) is 11.3 Å². The zero-order valence-electron chi connectivity index (χ0n) is 24.7. The van der Waals surface area contributed by atoms with Gasteiger partial charge in [0.15, 0.2) is 0 Å². The van der Waals surface area contributed by atoms with Gasteiger partial charge in [0.1, 0.15) is 5.78 Å². The van der Waals surface area contributed by atoms with E-state index in [1.165, 1.54) is 96.3 Å². The van der Waals surface area contributed by atoms with E-state index in [1.807, 2.05) is 6.20 Å². The maximum absolute atomic E-state index is 12.5. The van der Waals surface area contributed by atoms with E-state index < -0.39 is 0 Å². The number of ketones is 1. The quantitative estimate of drug-likeness (QED) is 0.125. The normalized spacial score (nSPS) is 13.2. The number of unbranched alkanes of at least 4 members (excludes halogenated alkanes) is 12. The largest absolute Gasteiger partial charge is 0.401 e. The van der Waals surface area contributed by atoms with E-state index in [0.717, 1.165) is 50.8 Å². The summed E-state index contributed by atoms with van der Waals surface area (Å²) >= 11 is 0. The van der Waals surface area contributed by atoms with E-state index >= 15 is 0 Å². The number of carbonyl (C=O) groups is 1. The van der Waals surface area contributed by atoms with Crippen LogP contribution in [-0.4, -0.2) is 12.3 Å². The molecule has 0 aliphatic carbocycles. The van der Waals surface area contributed by atoms with Crippen LogP contribution < -0.4 is 11.1 Å². The van der Waals surface area contributed by atoms with Gasteiger partial charge >= 0.3 is 0 Å². The molecule has 3 N–H and O–H groups in total. The number of rotatable bonds is 25. The predicted octanol–water partition coefficient (Wildman–Crippen LogP) is 9.84. The second kappa shape index (κ2) is 23.4. The highest BCUT2D eigenvalue weighted by Gasteiger charge is 2.12. The van der Waals surface area contributed by atoms with Crippen LogP contribution in [-0.2, 0) is 4.79 Å². The molecular weight excluding hydrogens is 428 g/mol. The Balaban J connectivity index is 4.30. The van der Waals surface area contributed by atoms with Crippen LogP contribution in [0.3, 0.4) is 0 Å². The van der Waals surface area contributed by atoms with Gasteiger partial charge in [-0.15, -0.1) is 0 Å². The molecule has 1 unspecified atom stereocenters. The molecule has 208 valence electrons. The molecule has 1 atom stereocenters. The van der Waals surface area contributed by atoms with E-state index in [9.17, 15) is 4.79 Å². The molecule has 0 aromatic carbocycles. The van der Waals surface area contributed by atoms with Crippen molar-refractivity contribution in [3.63, 3.8) is 0 Å². The Hall–Kier alpha value is -0.990.